The maximum atomic E-state index is 5.41. The van der Waals surface area contributed by atoms with E-state index in [2.05, 4.69) is 246 Å². The van der Waals surface area contributed by atoms with E-state index in [0.29, 0.717) is 0 Å². The fraction of sp³-hybridized carbons (Fsp3) is 0.0161. The van der Waals surface area contributed by atoms with Gasteiger partial charge in [0.05, 0.1) is 27.5 Å². The minimum absolute atomic E-state index is 0.437. The molecule has 10 aromatic carbocycles. The highest BCUT2D eigenvalue weighted by atomic mass is 15.1. The van der Waals surface area contributed by atoms with E-state index in [-0.39, 0.29) is 0 Å². The van der Waals surface area contributed by atoms with Gasteiger partial charge >= 0.3 is 0 Å². The summed E-state index contributed by atoms with van der Waals surface area (Å²) in [4.78, 5) is 5.41. The van der Waals surface area contributed by atoms with E-state index in [1.807, 2.05) is 0 Å². The van der Waals surface area contributed by atoms with Crippen LogP contribution in [0.1, 0.15) is 22.3 Å². The molecule has 12 aromatic rings. The maximum absolute atomic E-state index is 5.41. The number of imidazole rings is 1. The summed E-state index contributed by atoms with van der Waals surface area (Å²) in [5.41, 5.74) is 22.4. The van der Waals surface area contributed by atoms with Gasteiger partial charge in [0.25, 0.3) is 0 Å². The van der Waals surface area contributed by atoms with Gasteiger partial charge in [-0.15, -0.1) is 0 Å². The number of hydrogen-bond donors (Lipinski definition) is 0. The molecule has 65 heavy (non-hydrogen) atoms. The number of benzene rings is 10. The average molecular weight is 826 g/mol. The van der Waals surface area contributed by atoms with Crippen LogP contribution in [0.3, 0.4) is 0 Å². The predicted octanol–water partition coefficient (Wildman–Crippen LogP) is 15.5. The molecule has 3 nitrogen and oxygen atoms in total. The Morgan fingerprint density at radius 3 is 1.43 bits per heavy atom. The lowest BCUT2D eigenvalue weighted by atomic mass is 9.70. The molecule has 302 valence electrons. The number of aromatic nitrogens is 3. The first-order valence-electron chi connectivity index (χ1n) is 22.5. The minimum Gasteiger partial charge on any atom is -0.309 e. The van der Waals surface area contributed by atoms with Gasteiger partial charge in [0.15, 0.2) is 0 Å². The number of fused-ring (bicyclic) bond motifs is 14. The van der Waals surface area contributed by atoms with Crippen LogP contribution in [0.15, 0.2) is 237 Å². The third-order valence-corrected chi connectivity index (χ3v) is 14.1. The molecule has 1 spiro atoms. The highest BCUT2D eigenvalue weighted by molar-refractivity contribution is 6.09. The Labute approximate surface area is 376 Å². The summed E-state index contributed by atoms with van der Waals surface area (Å²) >= 11 is 0. The maximum Gasteiger partial charge on any atom is 0.145 e. The van der Waals surface area contributed by atoms with Gasteiger partial charge in [-0.2, -0.15) is 0 Å². The van der Waals surface area contributed by atoms with Crippen molar-refractivity contribution in [1.82, 2.24) is 14.1 Å². The molecular weight excluding hydrogens is 787 g/mol. The predicted molar refractivity (Wildman–Crippen MR) is 268 cm³/mol. The summed E-state index contributed by atoms with van der Waals surface area (Å²) in [5, 5.41) is 2.50. The summed E-state index contributed by atoms with van der Waals surface area (Å²) in [6.07, 6.45) is 0. The van der Waals surface area contributed by atoms with E-state index in [1.165, 1.54) is 71.9 Å². The van der Waals surface area contributed by atoms with Crippen LogP contribution in [0.4, 0.5) is 0 Å². The average Bonchev–Trinajstić information content (AvgIpc) is 4.11. The van der Waals surface area contributed by atoms with Crippen molar-refractivity contribution < 1.29 is 0 Å². The van der Waals surface area contributed by atoms with Gasteiger partial charge in [0, 0.05) is 27.7 Å². The van der Waals surface area contributed by atoms with Crippen molar-refractivity contribution in [2.45, 2.75) is 5.41 Å². The SMILES string of the molecule is c1ccc(-n2c(-c3cc(-c4cccc(-n5c6ccccc6c6ccccc65)c4)cc(-c4ccc5c(c4)C4(c6ccccc6-c6ccccc64)c4ccccc4-5)c3)nc3ccccc32)cc1. The Morgan fingerprint density at radius 2 is 0.785 bits per heavy atom. The van der Waals surface area contributed by atoms with Crippen molar-refractivity contribution in [2.75, 3.05) is 0 Å². The van der Waals surface area contributed by atoms with Crippen molar-refractivity contribution in [1.29, 1.82) is 0 Å². The molecule has 0 amide bonds. The largest absolute Gasteiger partial charge is 0.309 e. The molecule has 0 radical (unpaired) electrons. The molecule has 0 aliphatic heterocycles. The van der Waals surface area contributed by atoms with Crippen LogP contribution >= 0.6 is 0 Å². The lowest BCUT2D eigenvalue weighted by molar-refractivity contribution is 0.794. The van der Waals surface area contributed by atoms with Gasteiger partial charge in [-0.3, -0.25) is 4.57 Å². The third-order valence-electron chi connectivity index (χ3n) is 14.1. The molecule has 0 N–H and O–H groups in total. The minimum atomic E-state index is -0.437. The standard InChI is InChI=1S/C62H39N3/c1-2-18-45(19-3-1)65-60-32-15-12-29-57(60)63-61(65)44-36-42(40-17-16-20-46(38-40)64-58-30-13-7-24-51(58)52-25-8-14-31-59(52)64)35-43(37-44)41-33-34-50-49-23-6-11-28-55(49)62(56(50)39-41)53-26-9-4-21-47(53)48-22-5-10-27-54(48)62/h1-39H. The lowest BCUT2D eigenvalue weighted by Crippen LogP contribution is -2.25. The summed E-state index contributed by atoms with van der Waals surface area (Å²) in [5.74, 6) is 0.905. The van der Waals surface area contributed by atoms with Crippen LogP contribution in [0.5, 0.6) is 0 Å². The Hall–Kier alpha value is -8.53. The monoisotopic (exact) mass is 825 g/mol. The van der Waals surface area contributed by atoms with E-state index in [4.69, 9.17) is 4.98 Å². The lowest BCUT2D eigenvalue weighted by Gasteiger charge is -2.30. The number of rotatable bonds is 5. The Balaban J connectivity index is 1.02. The van der Waals surface area contributed by atoms with Gasteiger partial charge < -0.3 is 4.57 Å². The summed E-state index contributed by atoms with van der Waals surface area (Å²) < 4.78 is 4.72. The normalized spacial score (nSPS) is 13.0. The summed E-state index contributed by atoms with van der Waals surface area (Å²) in [6, 6.07) is 87.0. The van der Waals surface area contributed by atoms with Crippen LogP contribution in [0.2, 0.25) is 0 Å². The zero-order chi connectivity index (χ0) is 42.6. The molecule has 0 fully saturated rings. The first-order valence-corrected chi connectivity index (χ1v) is 22.5. The third kappa shape index (κ3) is 5.09. The highest BCUT2D eigenvalue weighted by Gasteiger charge is 2.51. The molecule has 0 saturated heterocycles. The van der Waals surface area contributed by atoms with Crippen molar-refractivity contribution in [3.8, 4) is 67.3 Å². The smallest absolute Gasteiger partial charge is 0.145 e. The topological polar surface area (TPSA) is 22.8 Å². The van der Waals surface area contributed by atoms with Crippen LogP contribution in [-0.2, 0) is 5.41 Å². The molecule has 2 heterocycles. The first-order chi connectivity index (χ1) is 32.2. The number of nitrogens with zero attached hydrogens (tertiary/aromatic N) is 3. The van der Waals surface area contributed by atoms with Crippen LogP contribution < -0.4 is 0 Å². The molecule has 2 aromatic heterocycles. The van der Waals surface area contributed by atoms with Crippen molar-refractivity contribution >= 4 is 32.8 Å². The summed E-state index contributed by atoms with van der Waals surface area (Å²) in [6.45, 7) is 0. The van der Waals surface area contributed by atoms with E-state index >= 15 is 0 Å². The van der Waals surface area contributed by atoms with Gasteiger partial charge in [-0.25, -0.2) is 4.98 Å². The molecule has 3 heteroatoms. The Morgan fingerprint density at radius 1 is 0.292 bits per heavy atom. The molecule has 0 atom stereocenters. The fourth-order valence-corrected chi connectivity index (χ4v) is 11.4. The molecule has 0 saturated carbocycles. The van der Waals surface area contributed by atoms with E-state index in [0.717, 1.165) is 50.5 Å². The second-order valence-corrected chi connectivity index (χ2v) is 17.5. The van der Waals surface area contributed by atoms with Crippen LogP contribution in [-0.4, -0.2) is 14.1 Å². The molecule has 0 unspecified atom stereocenters. The number of para-hydroxylation sites is 5. The van der Waals surface area contributed by atoms with Crippen molar-refractivity contribution in [2.24, 2.45) is 0 Å². The van der Waals surface area contributed by atoms with Gasteiger partial charge in [0.2, 0.25) is 0 Å². The Bertz CT molecular complexity index is 3790. The molecular formula is C62H39N3. The molecule has 2 aliphatic carbocycles. The van der Waals surface area contributed by atoms with Crippen molar-refractivity contribution in [3.05, 3.63) is 259 Å². The van der Waals surface area contributed by atoms with Gasteiger partial charge in [0.1, 0.15) is 5.82 Å². The second-order valence-electron chi connectivity index (χ2n) is 17.5. The first kappa shape index (κ1) is 36.0. The van der Waals surface area contributed by atoms with E-state index in [1.54, 1.807) is 0 Å². The molecule has 14 rings (SSSR count). The van der Waals surface area contributed by atoms with Crippen LogP contribution in [0.25, 0.3) is 100 Å². The fourth-order valence-electron chi connectivity index (χ4n) is 11.4. The van der Waals surface area contributed by atoms with E-state index in [9.17, 15) is 0 Å². The summed E-state index contributed by atoms with van der Waals surface area (Å²) in [7, 11) is 0. The molecule has 2 aliphatic rings. The van der Waals surface area contributed by atoms with Crippen molar-refractivity contribution in [3.63, 3.8) is 0 Å². The van der Waals surface area contributed by atoms with E-state index < -0.39 is 5.41 Å². The zero-order valence-corrected chi connectivity index (χ0v) is 35.4. The zero-order valence-electron chi connectivity index (χ0n) is 35.4. The number of hydrogen-bond acceptors (Lipinski definition) is 1. The van der Waals surface area contributed by atoms with Crippen LogP contribution in [0, 0.1) is 0 Å². The second kappa shape index (κ2) is 13.7. The van der Waals surface area contributed by atoms with Gasteiger partial charge in [-0.1, -0.05) is 164 Å². The highest BCUT2D eigenvalue weighted by Crippen LogP contribution is 2.63. The quantitative estimate of drug-likeness (QED) is 0.169. The van der Waals surface area contributed by atoms with Gasteiger partial charge in [-0.05, 0) is 140 Å². The Kier molecular flexibility index (Phi) is 7.61. The molecule has 0 bridgehead atoms.